The van der Waals surface area contributed by atoms with Crippen LogP contribution in [0.2, 0.25) is 0 Å². The first-order valence-corrected chi connectivity index (χ1v) is 7.46. The van der Waals surface area contributed by atoms with Crippen molar-refractivity contribution in [3.63, 3.8) is 0 Å². The molecule has 1 heterocycles. The molecule has 2 aromatic rings. The molecule has 0 bridgehead atoms. The van der Waals surface area contributed by atoms with Gasteiger partial charge < -0.3 is 14.7 Å². The van der Waals surface area contributed by atoms with E-state index in [4.69, 9.17) is 9.84 Å². The number of aromatic carboxylic acids is 1. The molecule has 24 heavy (non-hydrogen) atoms. The lowest BCUT2D eigenvalue weighted by atomic mass is 10.1. The first-order valence-electron chi connectivity index (χ1n) is 7.46. The predicted octanol–water partition coefficient (Wildman–Crippen LogP) is 2.49. The molecule has 0 radical (unpaired) electrons. The fourth-order valence-electron chi connectivity index (χ4n) is 2.71. The first kappa shape index (κ1) is 16.0. The van der Waals surface area contributed by atoms with Gasteiger partial charge in [-0.2, -0.15) is 0 Å². The summed E-state index contributed by atoms with van der Waals surface area (Å²) < 4.78 is 18.8. The summed E-state index contributed by atoms with van der Waals surface area (Å²) in [6.07, 6.45) is -0.320. The van der Waals surface area contributed by atoms with Crippen molar-refractivity contribution in [2.75, 3.05) is 7.05 Å². The number of likely N-dealkylation sites (N-methyl/N-ethyl adjacent to an activating group) is 1. The van der Waals surface area contributed by atoms with Gasteiger partial charge in [-0.05, 0) is 35.9 Å². The number of carboxylic acid groups (broad SMARTS) is 1. The van der Waals surface area contributed by atoms with Crippen LogP contribution in [0.4, 0.5) is 4.39 Å². The van der Waals surface area contributed by atoms with E-state index >= 15 is 0 Å². The van der Waals surface area contributed by atoms with Gasteiger partial charge in [-0.3, -0.25) is 4.79 Å². The van der Waals surface area contributed by atoms with Gasteiger partial charge >= 0.3 is 5.97 Å². The Hall–Kier alpha value is -2.89. The first-order chi connectivity index (χ1) is 11.4. The van der Waals surface area contributed by atoms with Gasteiger partial charge in [-0.25, -0.2) is 9.18 Å². The molecule has 0 saturated heterocycles. The normalized spacial score (nSPS) is 15.5. The van der Waals surface area contributed by atoms with Gasteiger partial charge in [-0.1, -0.05) is 12.1 Å². The fourth-order valence-corrected chi connectivity index (χ4v) is 2.71. The monoisotopic (exact) mass is 329 g/mol. The molecule has 1 aliphatic rings. The summed E-state index contributed by atoms with van der Waals surface area (Å²) in [6.45, 7) is 0.337. The second-order valence-electron chi connectivity index (χ2n) is 5.76. The number of nitrogens with zero attached hydrogens (tertiary/aromatic N) is 1. The van der Waals surface area contributed by atoms with Crippen molar-refractivity contribution in [2.24, 2.45) is 0 Å². The predicted molar refractivity (Wildman–Crippen MR) is 84.4 cm³/mol. The van der Waals surface area contributed by atoms with E-state index in [1.54, 1.807) is 19.2 Å². The Labute approximate surface area is 138 Å². The van der Waals surface area contributed by atoms with Crippen molar-refractivity contribution in [2.45, 2.75) is 19.1 Å². The fraction of sp³-hybridized carbons (Fsp3) is 0.222. The van der Waals surface area contributed by atoms with Crippen LogP contribution in [0.5, 0.6) is 5.75 Å². The van der Waals surface area contributed by atoms with Crippen LogP contribution in [0.1, 0.15) is 21.5 Å². The molecule has 2 aromatic carbocycles. The van der Waals surface area contributed by atoms with E-state index in [9.17, 15) is 14.0 Å². The average Bonchev–Trinajstić information content (AvgIpc) is 2.97. The van der Waals surface area contributed by atoms with Crippen molar-refractivity contribution in [3.8, 4) is 5.75 Å². The number of carboxylic acids is 1. The summed E-state index contributed by atoms with van der Waals surface area (Å²) in [5, 5.41) is 8.89. The quantitative estimate of drug-likeness (QED) is 0.936. The lowest BCUT2D eigenvalue weighted by molar-refractivity contribution is -0.137. The molecular formula is C18H16FNO4. The van der Waals surface area contributed by atoms with E-state index in [-0.39, 0.29) is 17.3 Å². The van der Waals surface area contributed by atoms with E-state index in [2.05, 4.69) is 0 Å². The van der Waals surface area contributed by atoms with Gasteiger partial charge in [0.25, 0.3) is 5.91 Å². The lowest BCUT2D eigenvalue weighted by Gasteiger charge is -2.21. The highest BCUT2D eigenvalue weighted by atomic mass is 19.1. The van der Waals surface area contributed by atoms with Crippen molar-refractivity contribution < 1.29 is 23.8 Å². The molecule has 0 aliphatic carbocycles. The van der Waals surface area contributed by atoms with Crippen molar-refractivity contribution in [3.05, 3.63) is 65.0 Å². The Balaban J connectivity index is 1.64. The molecule has 1 aliphatic heterocycles. The molecule has 5 nitrogen and oxygen atoms in total. The van der Waals surface area contributed by atoms with E-state index in [0.29, 0.717) is 24.3 Å². The second kappa shape index (κ2) is 6.31. The average molecular weight is 329 g/mol. The van der Waals surface area contributed by atoms with Crippen LogP contribution in [0.3, 0.4) is 0 Å². The lowest BCUT2D eigenvalue weighted by Crippen LogP contribution is -2.38. The number of halogens is 1. The van der Waals surface area contributed by atoms with Crippen LogP contribution in [0, 0.1) is 5.82 Å². The van der Waals surface area contributed by atoms with Crippen LogP contribution in [-0.2, 0) is 17.8 Å². The van der Waals surface area contributed by atoms with Crippen LogP contribution in [0.15, 0.2) is 42.5 Å². The summed E-state index contributed by atoms with van der Waals surface area (Å²) in [4.78, 5) is 24.8. The smallest absolute Gasteiger partial charge is 0.335 e. The molecule has 1 N–H and O–H groups in total. The van der Waals surface area contributed by atoms with Crippen molar-refractivity contribution in [1.29, 1.82) is 0 Å². The van der Waals surface area contributed by atoms with Gasteiger partial charge in [0.15, 0.2) is 6.10 Å². The van der Waals surface area contributed by atoms with Crippen LogP contribution in [-0.4, -0.2) is 35.0 Å². The second-order valence-corrected chi connectivity index (χ2v) is 5.76. The summed E-state index contributed by atoms with van der Waals surface area (Å²) >= 11 is 0. The molecule has 0 fully saturated rings. The molecule has 124 valence electrons. The highest BCUT2D eigenvalue weighted by Gasteiger charge is 2.31. The zero-order chi connectivity index (χ0) is 17.3. The minimum atomic E-state index is -0.990. The highest BCUT2D eigenvalue weighted by molar-refractivity contribution is 5.87. The molecule has 0 unspecified atom stereocenters. The standard InChI is InChI=1S/C18H16FNO4/c1-20(10-11-2-4-12(5-3-11)18(22)23)17(21)16-9-13-8-14(19)6-7-15(13)24-16/h2-8,16H,9-10H2,1H3,(H,22,23)/t16-/m1/s1. The number of rotatable bonds is 4. The molecule has 0 saturated carbocycles. The van der Waals surface area contributed by atoms with E-state index in [1.807, 2.05) is 0 Å². The van der Waals surface area contributed by atoms with Crippen molar-refractivity contribution >= 4 is 11.9 Å². The third kappa shape index (κ3) is 3.22. The Morgan fingerprint density at radius 2 is 1.96 bits per heavy atom. The number of amides is 1. The third-order valence-electron chi connectivity index (χ3n) is 3.97. The van der Waals surface area contributed by atoms with Gasteiger partial charge in [0.1, 0.15) is 11.6 Å². The van der Waals surface area contributed by atoms with Crippen LogP contribution >= 0.6 is 0 Å². The maximum absolute atomic E-state index is 13.2. The zero-order valence-electron chi connectivity index (χ0n) is 13.0. The number of carbonyl (C=O) groups is 2. The summed E-state index contributed by atoms with van der Waals surface area (Å²) in [7, 11) is 1.65. The maximum atomic E-state index is 13.2. The molecular weight excluding hydrogens is 313 g/mol. The summed E-state index contributed by atoms with van der Waals surface area (Å²) in [5.41, 5.74) is 1.70. The number of hydrogen-bond donors (Lipinski definition) is 1. The van der Waals surface area contributed by atoms with Crippen LogP contribution < -0.4 is 4.74 Å². The zero-order valence-corrected chi connectivity index (χ0v) is 13.0. The molecule has 1 atom stereocenters. The number of hydrogen-bond acceptors (Lipinski definition) is 3. The Kier molecular flexibility index (Phi) is 4.20. The number of carbonyl (C=O) groups excluding carboxylic acids is 1. The highest BCUT2D eigenvalue weighted by Crippen LogP contribution is 2.30. The Bertz CT molecular complexity index is 788. The molecule has 6 heteroatoms. The SMILES string of the molecule is CN(Cc1ccc(C(=O)O)cc1)C(=O)[C@H]1Cc2cc(F)ccc2O1. The minimum absolute atomic E-state index is 0.198. The van der Waals surface area contributed by atoms with E-state index in [1.165, 1.54) is 35.2 Å². The van der Waals surface area contributed by atoms with Crippen molar-refractivity contribution in [1.82, 2.24) is 4.90 Å². The summed E-state index contributed by atoms with van der Waals surface area (Å²) in [5.74, 6) is -1.00. The van der Waals surface area contributed by atoms with Gasteiger partial charge in [0, 0.05) is 25.6 Å². The molecule has 3 rings (SSSR count). The number of ether oxygens (including phenoxy) is 1. The Morgan fingerprint density at radius 1 is 1.25 bits per heavy atom. The maximum Gasteiger partial charge on any atom is 0.335 e. The van der Waals surface area contributed by atoms with Crippen LogP contribution in [0.25, 0.3) is 0 Å². The van der Waals surface area contributed by atoms with E-state index in [0.717, 1.165) is 5.56 Å². The number of benzene rings is 2. The van der Waals surface area contributed by atoms with Gasteiger partial charge in [0.2, 0.25) is 0 Å². The van der Waals surface area contributed by atoms with Gasteiger partial charge in [0.05, 0.1) is 5.56 Å². The number of fused-ring (bicyclic) bond motifs is 1. The molecule has 0 aromatic heterocycles. The minimum Gasteiger partial charge on any atom is -0.480 e. The third-order valence-corrected chi connectivity index (χ3v) is 3.97. The van der Waals surface area contributed by atoms with Gasteiger partial charge in [-0.15, -0.1) is 0 Å². The topological polar surface area (TPSA) is 66.8 Å². The molecule has 0 spiro atoms. The largest absolute Gasteiger partial charge is 0.480 e. The van der Waals surface area contributed by atoms with E-state index < -0.39 is 12.1 Å². The molecule has 1 amide bonds. The summed E-state index contributed by atoms with van der Waals surface area (Å²) in [6, 6.07) is 10.6. The Morgan fingerprint density at radius 3 is 2.62 bits per heavy atom.